The summed E-state index contributed by atoms with van der Waals surface area (Å²) in [6.07, 6.45) is 0.960. The molecule has 0 unspecified atom stereocenters. The lowest BCUT2D eigenvalue weighted by Gasteiger charge is -2.15. The number of benzene rings is 2. The van der Waals surface area contributed by atoms with E-state index in [0.717, 1.165) is 17.5 Å². The third-order valence-corrected chi connectivity index (χ3v) is 4.66. The van der Waals surface area contributed by atoms with Crippen molar-refractivity contribution in [2.75, 3.05) is 6.61 Å². The van der Waals surface area contributed by atoms with Crippen molar-refractivity contribution >= 4 is 17.9 Å². The molecule has 31 heavy (non-hydrogen) atoms. The SMILES string of the molecule is CCc1ccc([C@H](C)NC(=O)COC(=O)c2ccc(CNC(=O)NC(C)C)cc2)cc1. The van der Waals surface area contributed by atoms with Crippen molar-refractivity contribution in [3.05, 3.63) is 70.8 Å². The van der Waals surface area contributed by atoms with Crippen LogP contribution in [-0.2, 0) is 22.5 Å². The van der Waals surface area contributed by atoms with E-state index in [1.54, 1.807) is 24.3 Å². The van der Waals surface area contributed by atoms with Gasteiger partial charge in [-0.3, -0.25) is 4.79 Å². The van der Waals surface area contributed by atoms with Crippen molar-refractivity contribution < 1.29 is 19.1 Å². The molecule has 0 spiro atoms. The Hall–Kier alpha value is -3.35. The second-order valence-corrected chi connectivity index (χ2v) is 7.64. The Morgan fingerprint density at radius 2 is 1.48 bits per heavy atom. The molecule has 0 aliphatic carbocycles. The van der Waals surface area contributed by atoms with Gasteiger partial charge in [0.05, 0.1) is 11.6 Å². The molecule has 0 aliphatic heterocycles. The molecular formula is C24H31N3O4. The second kappa shape index (κ2) is 11.7. The Bertz CT molecular complexity index is 877. The maximum absolute atomic E-state index is 12.2. The maximum atomic E-state index is 12.2. The summed E-state index contributed by atoms with van der Waals surface area (Å²) < 4.78 is 5.11. The van der Waals surface area contributed by atoms with Crippen LogP contribution < -0.4 is 16.0 Å². The molecule has 2 rings (SSSR count). The molecule has 3 N–H and O–H groups in total. The number of urea groups is 1. The molecule has 0 fully saturated rings. The van der Waals surface area contributed by atoms with Crippen LogP contribution in [0.5, 0.6) is 0 Å². The van der Waals surface area contributed by atoms with E-state index in [0.29, 0.717) is 12.1 Å². The number of rotatable bonds is 9. The normalized spacial score (nSPS) is 11.5. The van der Waals surface area contributed by atoms with Gasteiger partial charge >= 0.3 is 12.0 Å². The Morgan fingerprint density at radius 3 is 2.06 bits per heavy atom. The topological polar surface area (TPSA) is 96.5 Å². The second-order valence-electron chi connectivity index (χ2n) is 7.64. The van der Waals surface area contributed by atoms with Crippen molar-refractivity contribution in [2.24, 2.45) is 0 Å². The van der Waals surface area contributed by atoms with E-state index in [1.165, 1.54) is 5.56 Å². The Morgan fingerprint density at radius 1 is 0.871 bits per heavy atom. The highest BCUT2D eigenvalue weighted by Crippen LogP contribution is 2.14. The Balaban J connectivity index is 1.78. The van der Waals surface area contributed by atoms with E-state index < -0.39 is 5.97 Å². The van der Waals surface area contributed by atoms with Gasteiger partial charge in [0.15, 0.2) is 6.61 Å². The van der Waals surface area contributed by atoms with E-state index in [2.05, 4.69) is 22.9 Å². The quantitative estimate of drug-likeness (QED) is 0.536. The van der Waals surface area contributed by atoms with Crippen LogP contribution in [0, 0.1) is 0 Å². The van der Waals surface area contributed by atoms with Gasteiger partial charge in [0.1, 0.15) is 0 Å². The van der Waals surface area contributed by atoms with Crippen molar-refractivity contribution in [1.82, 2.24) is 16.0 Å². The number of nitrogens with one attached hydrogen (secondary N) is 3. The van der Waals surface area contributed by atoms with Crippen LogP contribution in [0.4, 0.5) is 4.79 Å². The van der Waals surface area contributed by atoms with E-state index in [4.69, 9.17) is 4.74 Å². The first kappa shape index (κ1) is 23.9. The molecule has 0 radical (unpaired) electrons. The summed E-state index contributed by atoms with van der Waals surface area (Å²) in [4.78, 5) is 35.9. The Kier molecular flexibility index (Phi) is 9.06. The fraction of sp³-hybridized carbons (Fsp3) is 0.375. The van der Waals surface area contributed by atoms with Crippen LogP contribution in [0.2, 0.25) is 0 Å². The van der Waals surface area contributed by atoms with Gasteiger partial charge < -0.3 is 20.7 Å². The summed E-state index contributed by atoms with van der Waals surface area (Å²) in [7, 11) is 0. The summed E-state index contributed by atoms with van der Waals surface area (Å²) in [5.74, 6) is -0.940. The first-order valence-corrected chi connectivity index (χ1v) is 10.5. The number of esters is 1. The largest absolute Gasteiger partial charge is 0.452 e. The molecule has 166 valence electrons. The number of amides is 3. The maximum Gasteiger partial charge on any atom is 0.338 e. The number of carbonyl (C=O) groups excluding carboxylic acids is 3. The number of carbonyl (C=O) groups is 3. The molecule has 2 aromatic carbocycles. The van der Waals surface area contributed by atoms with Gasteiger partial charge in [-0.15, -0.1) is 0 Å². The predicted octanol–water partition coefficient (Wildman–Crippen LogP) is 3.49. The molecule has 0 bridgehead atoms. The van der Waals surface area contributed by atoms with E-state index in [1.807, 2.05) is 45.0 Å². The van der Waals surface area contributed by atoms with Crippen LogP contribution in [0.3, 0.4) is 0 Å². The number of hydrogen-bond acceptors (Lipinski definition) is 4. The average molecular weight is 426 g/mol. The lowest BCUT2D eigenvalue weighted by Crippen LogP contribution is -2.39. The van der Waals surface area contributed by atoms with E-state index in [9.17, 15) is 14.4 Å². The predicted molar refractivity (Wildman–Crippen MR) is 120 cm³/mol. The molecule has 0 heterocycles. The van der Waals surface area contributed by atoms with Gasteiger partial charge in [-0.1, -0.05) is 43.3 Å². The summed E-state index contributed by atoms with van der Waals surface area (Å²) in [5.41, 5.74) is 3.41. The Labute approximate surface area is 183 Å². The fourth-order valence-electron chi connectivity index (χ4n) is 2.88. The standard InChI is InChI=1S/C24H31N3O4/c1-5-18-6-10-20(11-7-18)17(4)27-22(28)15-31-23(29)21-12-8-19(9-13-21)14-25-24(30)26-16(2)3/h6-13,16-17H,5,14-15H2,1-4H3,(H,27,28)(H2,25,26,30)/t17-/m0/s1. The summed E-state index contributed by atoms with van der Waals surface area (Å²) in [6.45, 7) is 7.72. The lowest BCUT2D eigenvalue weighted by molar-refractivity contribution is -0.124. The van der Waals surface area contributed by atoms with Gasteiger partial charge in [-0.25, -0.2) is 9.59 Å². The third-order valence-electron chi connectivity index (χ3n) is 4.66. The lowest BCUT2D eigenvalue weighted by atomic mass is 10.1. The highest BCUT2D eigenvalue weighted by atomic mass is 16.5. The number of aryl methyl sites for hydroxylation is 1. The van der Waals surface area contributed by atoms with Crippen LogP contribution in [-0.4, -0.2) is 30.6 Å². The zero-order chi connectivity index (χ0) is 22.8. The molecule has 7 heteroatoms. The van der Waals surface area contributed by atoms with Gasteiger partial charge in [0.2, 0.25) is 0 Å². The van der Waals surface area contributed by atoms with Gasteiger partial charge in [0.25, 0.3) is 5.91 Å². The minimum Gasteiger partial charge on any atom is -0.452 e. The summed E-state index contributed by atoms with van der Waals surface area (Å²) >= 11 is 0. The van der Waals surface area contributed by atoms with Crippen LogP contribution in [0.15, 0.2) is 48.5 Å². The highest BCUT2D eigenvalue weighted by molar-refractivity contribution is 5.91. The first-order valence-electron chi connectivity index (χ1n) is 10.5. The van der Waals surface area contributed by atoms with Gasteiger partial charge in [-0.2, -0.15) is 0 Å². The molecule has 0 saturated carbocycles. The summed E-state index contributed by atoms with van der Waals surface area (Å²) in [6, 6.07) is 14.3. The average Bonchev–Trinajstić information content (AvgIpc) is 2.76. The molecule has 1 atom stereocenters. The minimum atomic E-state index is -0.577. The zero-order valence-corrected chi connectivity index (χ0v) is 18.5. The fourth-order valence-corrected chi connectivity index (χ4v) is 2.88. The van der Waals surface area contributed by atoms with Crippen LogP contribution >= 0.6 is 0 Å². The third kappa shape index (κ3) is 8.12. The van der Waals surface area contributed by atoms with Crippen LogP contribution in [0.1, 0.15) is 60.8 Å². The van der Waals surface area contributed by atoms with Gasteiger partial charge in [-0.05, 0) is 56.0 Å². The van der Waals surface area contributed by atoms with E-state index in [-0.39, 0.29) is 30.6 Å². The first-order chi connectivity index (χ1) is 14.8. The zero-order valence-electron chi connectivity index (χ0n) is 18.5. The monoisotopic (exact) mass is 425 g/mol. The molecule has 0 aromatic heterocycles. The molecule has 0 saturated heterocycles. The molecule has 7 nitrogen and oxygen atoms in total. The highest BCUT2D eigenvalue weighted by Gasteiger charge is 2.13. The molecule has 0 aliphatic rings. The van der Waals surface area contributed by atoms with Crippen molar-refractivity contribution in [3.63, 3.8) is 0 Å². The van der Waals surface area contributed by atoms with Crippen LogP contribution in [0.25, 0.3) is 0 Å². The number of hydrogen-bond donors (Lipinski definition) is 3. The van der Waals surface area contributed by atoms with Crippen molar-refractivity contribution in [2.45, 2.75) is 52.7 Å². The molecule has 3 amide bonds. The van der Waals surface area contributed by atoms with Crippen molar-refractivity contribution in [1.29, 1.82) is 0 Å². The smallest absolute Gasteiger partial charge is 0.338 e. The number of ether oxygens (including phenoxy) is 1. The van der Waals surface area contributed by atoms with Crippen molar-refractivity contribution in [3.8, 4) is 0 Å². The minimum absolute atomic E-state index is 0.0546. The van der Waals surface area contributed by atoms with Gasteiger partial charge in [0, 0.05) is 12.6 Å². The molecule has 2 aromatic rings. The summed E-state index contributed by atoms with van der Waals surface area (Å²) in [5, 5.41) is 8.30. The van der Waals surface area contributed by atoms with E-state index >= 15 is 0 Å². The molecular weight excluding hydrogens is 394 g/mol.